The molecule has 1 aliphatic heterocycles. The Hall–Kier alpha value is -3.38. The Morgan fingerprint density at radius 2 is 1.77 bits per heavy atom. The van der Waals surface area contributed by atoms with Crippen LogP contribution in [0.3, 0.4) is 0 Å². The van der Waals surface area contributed by atoms with Crippen LogP contribution < -0.4 is 9.47 Å². The molecule has 150 valence electrons. The van der Waals surface area contributed by atoms with Crippen LogP contribution in [0.1, 0.15) is 21.5 Å². The fourth-order valence-electron chi connectivity index (χ4n) is 2.89. The Bertz CT molecular complexity index is 1100. The molecule has 0 N–H and O–H groups in total. The fourth-order valence-corrected chi connectivity index (χ4v) is 3.15. The summed E-state index contributed by atoms with van der Waals surface area (Å²) < 4.78 is 17.3. The minimum Gasteiger partial charge on any atom is -0.482 e. The van der Waals surface area contributed by atoms with Crippen molar-refractivity contribution in [3.8, 4) is 11.5 Å². The number of carbonyl (C=O) groups excluding carboxylic acids is 2. The molecule has 1 aliphatic rings. The number of Topliss-reactive ketones (excluding diaryl/α,β-unsaturated/α-hetero) is 1. The van der Waals surface area contributed by atoms with E-state index in [1.165, 1.54) is 0 Å². The summed E-state index contributed by atoms with van der Waals surface area (Å²) in [7, 11) is 0. The first-order valence-electron chi connectivity index (χ1n) is 9.25. The number of fused-ring (bicyclic) bond motifs is 1. The smallest absolute Gasteiger partial charge is 0.344 e. The van der Waals surface area contributed by atoms with Gasteiger partial charge in [0.05, 0.1) is 5.56 Å². The summed E-state index contributed by atoms with van der Waals surface area (Å²) in [5.41, 5.74) is 2.21. The van der Waals surface area contributed by atoms with E-state index >= 15 is 0 Å². The molecule has 0 aromatic heterocycles. The fraction of sp³-hybridized carbons (Fsp3) is 0.0833. The van der Waals surface area contributed by atoms with Crippen molar-refractivity contribution < 1.29 is 23.8 Å². The van der Waals surface area contributed by atoms with E-state index in [0.29, 0.717) is 17.1 Å². The third kappa shape index (κ3) is 4.78. The second-order valence-corrected chi connectivity index (χ2v) is 7.50. The summed E-state index contributed by atoms with van der Waals surface area (Å²) in [5, 5.41) is 0. The predicted octanol–water partition coefficient (Wildman–Crippen LogP) is 5.19. The van der Waals surface area contributed by atoms with Gasteiger partial charge in [-0.1, -0.05) is 58.4 Å². The summed E-state index contributed by atoms with van der Waals surface area (Å²) in [6.45, 7) is -0.0454. The van der Waals surface area contributed by atoms with Crippen LogP contribution in [0.25, 0.3) is 6.08 Å². The zero-order chi connectivity index (χ0) is 20.9. The van der Waals surface area contributed by atoms with Gasteiger partial charge in [0.1, 0.15) is 18.1 Å². The molecule has 0 saturated heterocycles. The van der Waals surface area contributed by atoms with Gasteiger partial charge in [0, 0.05) is 10.5 Å². The van der Waals surface area contributed by atoms with Gasteiger partial charge in [0.15, 0.2) is 12.4 Å². The maximum atomic E-state index is 12.5. The number of benzene rings is 3. The molecule has 0 atom stereocenters. The Balaban J connectivity index is 1.36. The molecule has 0 fully saturated rings. The van der Waals surface area contributed by atoms with Crippen LogP contribution in [-0.2, 0) is 16.1 Å². The Morgan fingerprint density at radius 3 is 2.53 bits per heavy atom. The molecule has 5 nitrogen and oxygen atoms in total. The van der Waals surface area contributed by atoms with Crippen LogP contribution in [0.2, 0.25) is 0 Å². The van der Waals surface area contributed by atoms with Gasteiger partial charge >= 0.3 is 5.97 Å². The van der Waals surface area contributed by atoms with Crippen LogP contribution in [0, 0.1) is 0 Å². The highest BCUT2D eigenvalue weighted by molar-refractivity contribution is 9.10. The molecule has 4 rings (SSSR count). The number of halogens is 1. The van der Waals surface area contributed by atoms with Crippen molar-refractivity contribution in [3.05, 3.63) is 99.7 Å². The zero-order valence-corrected chi connectivity index (χ0v) is 17.4. The normalized spacial score (nSPS) is 13.6. The Kier molecular flexibility index (Phi) is 5.95. The molecule has 0 bridgehead atoms. The summed E-state index contributed by atoms with van der Waals surface area (Å²) in [6.07, 6.45) is 1.69. The summed E-state index contributed by atoms with van der Waals surface area (Å²) in [6, 6.07) is 21.8. The average molecular weight is 465 g/mol. The van der Waals surface area contributed by atoms with Gasteiger partial charge in [-0.15, -0.1) is 0 Å². The molecule has 0 saturated carbocycles. The van der Waals surface area contributed by atoms with Gasteiger partial charge in [0.2, 0.25) is 5.78 Å². The lowest BCUT2D eigenvalue weighted by Crippen LogP contribution is -2.14. The maximum absolute atomic E-state index is 12.5. The topological polar surface area (TPSA) is 61.8 Å². The molecule has 3 aromatic rings. The molecule has 30 heavy (non-hydrogen) atoms. The van der Waals surface area contributed by atoms with Gasteiger partial charge in [-0.2, -0.15) is 0 Å². The molecule has 0 unspecified atom stereocenters. The number of ether oxygens (including phenoxy) is 3. The largest absolute Gasteiger partial charge is 0.482 e. The van der Waals surface area contributed by atoms with E-state index in [-0.39, 0.29) is 24.8 Å². The molecule has 0 amide bonds. The molecule has 6 heteroatoms. The van der Waals surface area contributed by atoms with E-state index in [9.17, 15) is 9.59 Å². The van der Waals surface area contributed by atoms with Crippen molar-refractivity contribution in [1.82, 2.24) is 0 Å². The highest BCUT2D eigenvalue weighted by Gasteiger charge is 2.27. The van der Waals surface area contributed by atoms with Crippen molar-refractivity contribution in [3.63, 3.8) is 0 Å². The number of esters is 1. The van der Waals surface area contributed by atoms with Crippen LogP contribution in [0.4, 0.5) is 0 Å². The third-order valence-electron chi connectivity index (χ3n) is 4.41. The molecule has 0 radical (unpaired) electrons. The second-order valence-electron chi connectivity index (χ2n) is 6.58. The molecular weight excluding hydrogens is 448 g/mol. The molecular formula is C24H17BrO5. The van der Waals surface area contributed by atoms with Crippen LogP contribution >= 0.6 is 15.9 Å². The van der Waals surface area contributed by atoms with Crippen molar-refractivity contribution in [2.24, 2.45) is 0 Å². The first kappa shape index (κ1) is 19.9. The number of allylic oxidation sites excluding steroid dienone is 1. The first-order chi connectivity index (χ1) is 14.6. The number of carbonyl (C=O) groups is 2. The monoisotopic (exact) mass is 464 g/mol. The summed E-state index contributed by atoms with van der Waals surface area (Å²) in [5.74, 6) is 0.391. The maximum Gasteiger partial charge on any atom is 0.344 e. The van der Waals surface area contributed by atoms with Gasteiger partial charge < -0.3 is 14.2 Å². The summed E-state index contributed by atoms with van der Waals surface area (Å²) >= 11 is 3.38. The lowest BCUT2D eigenvalue weighted by atomic mass is 10.1. The van der Waals surface area contributed by atoms with Crippen molar-refractivity contribution in [1.29, 1.82) is 0 Å². The number of hydrogen-bond acceptors (Lipinski definition) is 5. The quantitative estimate of drug-likeness (QED) is 0.371. The van der Waals surface area contributed by atoms with Gasteiger partial charge in [-0.3, -0.25) is 4.79 Å². The molecule has 3 aromatic carbocycles. The van der Waals surface area contributed by atoms with Gasteiger partial charge in [-0.05, 0) is 41.5 Å². The highest BCUT2D eigenvalue weighted by Crippen LogP contribution is 2.35. The number of hydrogen-bond donors (Lipinski definition) is 0. The van der Waals surface area contributed by atoms with E-state index < -0.39 is 5.97 Å². The van der Waals surface area contributed by atoms with Gasteiger partial charge in [0.25, 0.3) is 0 Å². The highest BCUT2D eigenvalue weighted by atomic mass is 79.9. The predicted molar refractivity (Wildman–Crippen MR) is 115 cm³/mol. The van der Waals surface area contributed by atoms with Crippen molar-refractivity contribution in [2.45, 2.75) is 6.61 Å². The third-order valence-corrected chi connectivity index (χ3v) is 4.94. The standard InChI is InChI=1S/C24H17BrO5/c25-18-8-6-16(7-9-18)12-22-24(27)20-11-10-19(13-21(20)30-22)28-15-23(26)29-14-17-4-2-1-3-5-17/h1-13H,14-15H2/b22-12-. The van der Waals surface area contributed by atoms with Crippen LogP contribution in [0.5, 0.6) is 11.5 Å². The van der Waals surface area contributed by atoms with Crippen LogP contribution in [0.15, 0.2) is 83.0 Å². The van der Waals surface area contributed by atoms with E-state index in [1.807, 2.05) is 54.6 Å². The Labute approximate surface area is 182 Å². The molecule has 1 heterocycles. The zero-order valence-electron chi connectivity index (χ0n) is 15.8. The van der Waals surface area contributed by atoms with Crippen molar-refractivity contribution >= 4 is 33.8 Å². The minimum absolute atomic E-state index is 0.190. The molecule has 0 spiro atoms. The van der Waals surface area contributed by atoms with E-state index in [0.717, 1.165) is 15.6 Å². The van der Waals surface area contributed by atoms with Crippen molar-refractivity contribution in [2.75, 3.05) is 6.61 Å². The SMILES string of the molecule is O=C(COc1ccc2c(c1)O/C(=C\c1ccc(Br)cc1)C2=O)OCc1ccccc1. The lowest BCUT2D eigenvalue weighted by Gasteiger charge is -2.08. The number of ketones is 1. The van der Waals surface area contributed by atoms with E-state index in [2.05, 4.69) is 15.9 Å². The van der Waals surface area contributed by atoms with Gasteiger partial charge in [-0.25, -0.2) is 4.79 Å². The first-order valence-corrected chi connectivity index (χ1v) is 10.0. The average Bonchev–Trinajstić information content (AvgIpc) is 3.07. The number of rotatable bonds is 6. The van der Waals surface area contributed by atoms with E-state index in [4.69, 9.17) is 14.2 Å². The molecule has 0 aliphatic carbocycles. The second kappa shape index (κ2) is 8.97. The van der Waals surface area contributed by atoms with E-state index in [1.54, 1.807) is 24.3 Å². The van der Waals surface area contributed by atoms with Crippen LogP contribution in [-0.4, -0.2) is 18.4 Å². The Morgan fingerprint density at radius 1 is 1.00 bits per heavy atom. The minimum atomic E-state index is -0.479. The lowest BCUT2D eigenvalue weighted by molar-refractivity contribution is -0.147. The summed E-state index contributed by atoms with van der Waals surface area (Å²) in [4.78, 5) is 24.5.